The number of aromatic nitrogens is 1. The van der Waals surface area contributed by atoms with Crippen LogP contribution in [0.5, 0.6) is 0 Å². The van der Waals surface area contributed by atoms with E-state index in [2.05, 4.69) is 17.2 Å². The molecule has 1 atom stereocenters. The van der Waals surface area contributed by atoms with Gasteiger partial charge in [-0.05, 0) is 60.7 Å². The Kier molecular flexibility index (Phi) is 10.7. The fourth-order valence-corrected chi connectivity index (χ4v) is 4.64. The van der Waals surface area contributed by atoms with Crippen molar-refractivity contribution in [1.82, 2.24) is 15.0 Å². The third kappa shape index (κ3) is 9.03. The van der Waals surface area contributed by atoms with Crippen molar-refractivity contribution in [3.05, 3.63) is 95.3 Å². The summed E-state index contributed by atoms with van der Waals surface area (Å²) < 4.78 is 32.7. The summed E-state index contributed by atoms with van der Waals surface area (Å²) >= 11 is 0. The van der Waals surface area contributed by atoms with E-state index in [9.17, 15) is 22.8 Å². The van der Waals surface area contributed by atoms with Crippen LogP contribution in [0.2, 0.25) is 0 Å². The van der Waals surface area contributed by atoms with Crippen LogP contribution in [-0.4, -0.2) is 44.3 Å². The minimum absolute atomic E-state index is 0.0165. The SMILES string of the molecule is CCCCC(C)COC(=O)c1ccc(C(=O)NS(=O)(=O)c2ccc(CCNC(=O)c3ccccc3)cc2)cn1. The van der Waals surface area contributed by atoms with Gasteiger partial charge in [-0.3, -0.25) is 9.59 Å². The van der Waals surface area contributed by atoms with Crippen LogP contribution in [0.15, 0.2) is 77.8 Å². The highest BCUT2D eigenvalue weighted by Crippen LogP contribution is 2.13. The van der Waals surface area contributed by atoms with Crippen molar-refractivity contribution >= 4 is 27.8 Å². The molecule has 0 bridgehead atoms. The van der Waals surface area contributed by atoms with Crippen molar-refractivity contribution in [2.45, 2.75) is 44.4 Å². The Morgan fingerprint density at radius 2 is 1.64 bits per heavy atom. The molecule has 1 heterocycles. The maximum atomic E-state index is 12.7. The molecule has 9 nitrogen and oxygen atoms in total. The number of rotatable bonds is 13. The number of hydrogen-bond acceptors (Lipinski definition) is 7. The van der Waals surface area contributed by atoms with Gasteiger partial charge in [0.25, 0.3) is 21.8 Å². The van der Waals surface area contributed by atoms with Gasteiger partial charge >= 0.3 is 5.97 Å². The fourth-order valence-electron chi connectivity index (χ4n) is 3.66. The van der Waals surface area contributed by atoms with Crippen LogP contribution in [0.3, 0.4) is 0 Å². The van der Waals surface area contributed by atoms with Crippen molar-refractivity contribution in [2.75, 3.05) is 13.2 Å². The number of hydrogen-bond donors (Lipinski definition) is 2. The number of amides is 2. The highest BCUT2D eigenvalue weighted by Gasteiger charge is 2.20. The van der Waals surface area contributed by atoms with Gasteiger partial charge in [-0.1, -0.05) is 57.0 Å². The summed E-state index contributed by atoms with van der Waals surface area (Å²) in [6, 6.07) is 17.5. The lowest BCUT2D eigenvalue weighted by Crippen LogP contribution is -2.30. The molecule has 3 rings (SSSR count). The van der Waals surface area contributed by atoms with Crippen LogP contribution < -0.4 is 10.0 Å². The van der Waals surface area contributed by atoms with Gasteiger partial charge < -0.3 is 10.1 Å². The lowest BCUT2D eigenvalue weighted by molar-refractivity contribution is 0.0435. The topological polar surface area (TPSA) is 132 Å². The summed E-state index contributed by atoms with van der Waals surface area (Å²) in [6.07, 6.45) is 4.72. The Labute approximate surface area is 229 Å². The van der Waals surface area contributed by atoms with Gasteiger partial charge in [0.1, 0.15) is 5.69 Å². The molecule has 0 aliphatic rings. The standard InChI is InChI=1S/C29H33N3O6S/c1-3-4-8-21(2)20-38-29(35)26-16-13-24(19-31-26)28(34)32-39(36,37)25-14-11-22(12-15-25)17-18-30-27(33)23-9-6-5-7-10-23/h5-7,9-16,19,21H,3-4,8,17-18,20H2,1-2H3,(H,30,33)(H,32,34). The Morgan fingerprint density at radius 1 is 0.923 bits per heavy atom. The Hall–Kier alpha value is -4.05. The molecule has 0 saturated heterocycles. The Morgan fingerprint density at radius 3 is 2.28 bits per heavy atom. The summed E-state index contributed by atoms with van der Waals surface area (Å²) in [5.74, 6) is -1.42. The lowest BCUT2D eigenvalue weighted by Gasteiger charge is -2.11. The first-order valence-corrected chi connectivity index (χ1v) is 14.3. The zero-order valence-electron chi connectivity index (χ0n) is 22.1. The minimum atomic E-state index is -4.14. The van der Waals surface area contributed by atoms with E-state index in [1.807, 2.05) is 17.7 Å². The molecular weight excluding hydrogens is 518 g/mol. The van der Waals surface area contributed by atoms with Gasteiger partial charge in [0.05, 0.1) is 17.1 Å². The number of nitrogens with one attached hydrogen (secondary N) is 2. The molecule has 0 radical (unpaired) electrons. The molecular formula is C29H33N3O6S. The van der Waals surface area contributed by atoms with E-state index in [1.165, 1.54) is 24.3 Å². The van der Waals surface area contributed by atoms with Crippen molar-refractivity contribution in [3.8, 4) is 0 Å². The number of pyridine rings is 1. The first-order chi connectivity index (χ1) is 18.7. The van der Waals surface area contributed by atoms with E-state index in [0.29, 0.717) is 18.5 Å². The van der Waals surface area contributed by atoms with Crippen LogP contribution in [0.4, 0.5) is 0 Å². The van der Waals surface area contributed by atoms with E-state index in [-0.39, 0.29) is 34.6 Å². The van der Waals surface area contributed by atoms with E-state index in [1.54, 1.807) is 36.4 Å². The van der Waals surface area contributed by atoms with E-state index < -0.39 is 21.9 Å². The summed E-state index contributed by atoms with van der Waals surface area (Å²) in [5, 5.41) is 2.82. The predicted molar refractivity (Wildman–Crippen MR) is 147 cm³/mol. The minimum Gasteiger partial charge on any atom is -0.461 e. The van der Waals surface area contributed by atoms with Gasteiger partial charge in [-0.15, -0.1) is 0 Å². The van der Waals surface area contributed by atoms with Gasteiger partial charge in [0, 0.05) is 18.3 Å². The van der Waals surface area contributed by atoms with Gasteiger partial charge in [0.15, 0.2) is 0 Å². The van der Waals surface area contributed by atoms with E-state index in [4.69, 9.17) is 4.74 Å². The van der Waals surface area contributed by atoms with Gasteiger partial charge in [-0.25, -0.2) is 22.9 Å². The first-order valence-electron chi connectivity index (χ1n) is 12.8. The number of carbonyl (C=O) groups excluding carboxylic acids is 3. The summed E-state index contributed by atoms with van der Waals surface area (Å²) in [4.78, 5) is 40.7. The van der Waals surface area contributed by atoms with Crippen LogP contribution in [0.25, 0.3) is 0 Å². The van der Waals surface area contributed by atoms with Crippen LogP contribution in [-0.2, 0) is 21.2 Å². The summed E-state index contributed by atoms with van der Waals surface area (Å²) in [7, 11) is -4.14. The summed E-state index contributed by atoms with van der Waals surface area (Å²) in [6.45, 7) is 4.76. The average Bonchev–Trinajstić information content (AvgIpc) is 2.95. The normalized spacial score (nSPS) is 11.8. The lowest BCUT2D eigenvalue weighted by atomic mass is 10.1. The average molecular weight is 552 g/mol. The molecule has 2 amide bonds. The molecule has 206 valence electrons. The zero-order chi connectivity index (χ0) is 28.3. The first kappa shape index (κ1) is 29.5. The number of carbonyl (C=O) groups is 3. The second-order valence-electron chi connectivity index (χ2n) is 9.23. The van der Waals surface area contributed by atoms with Crippen molar-refractivity contribution in [1.29, 1.82) is 0 Å². The van der Waals surface area contributed by atoms with Crippen LogP contribution >= 0.6 is 0 Å². The Balaban J connectivity index is 1.50. The molecule has 0 saturated carbocycles. The number of esters is 1. The third-order valence-electron chi connectivity index (χ3n) is 5.98. The monoisotopic (exact) mass is 551 g/mol. The molecule has 0 fully saturated rings. The van der Waals surface area contributed by atoms with Crippen molar-refractivity contribution < 1.29 is 27.5 Å². The number of ether oxygens (including phenoxy) is 1. The number of benzene rings is 2. The Bertz CT molecular complexity index is 1360. The number of nitrogens with zero attached hydrogens (tertiary/aromatic N) is 1. The van der Waals surface area contributed by atoms with E-state index in [0.717, 1.165) is 31.0 Å². The molecule has 0 aliphatic heterocycles. The predicted octanol–water partition coefficient (Wildman–Crippen LogP) is 4.16. The molecule has 10 heteroatoms. The van der Waals surface area contributed by atoms with E-state index >= 15 is 0 Å². The van der Waals surface area contributed by atoms with Crippen molar-refractivity contribution in [2.24, 2.45) is 5.92 Å². The maximum Gasteiger partial charge on any atom is 0.356 e. The molecule has 2 N–H and O–H groups in total. The highest BCUT2D eigenvalue weighted by atomic mass is 32.2. The maximum absolute atomic E-state index is 12.7. The second kappa shape index (κ2) is 14.2. The van der Waals surface area contributed by atoms with Gasteiger partial charge in [0.2, 0.25) is 0 Å². The molecule has 1 unspecified atom stereocenters. The quantitative estimate of drug-likeness (QED) is 0.305. The fraction of sp³-hybridized carbons (Fsp3) is 0.310. The molecule has 0 aliphatic carbocycles. The van der Waals surface area contributed by atoms with Crippen LogP contribution in [0, 0.1) is 5.92 Å². The number of sulfonamides is 1. The van der Waals surface area contributed by atoms with Crippen molar-refractivity contribution in [3.63, 3.8) is 0 Å². The van der Waals surface area contributed by atoms with Crippen LogP contribution in [0.1, 0.15) is 69.9 Å². The van der Waals surface area contributed by atoms with Gasteiger partial charge in [-0.2, -0.15) is 0 Å². The second-order valence-corrected chi connectivity index (χ2v) is 10.9. The number of unbranched alkanes of at least 4 members (excludes halogenated alkanes) is 1. The molecule has 2 aromatic carbocycles. The molecule has 1 aromatic heterocycles. The highest BCUT2D eigenvalue weighted by molar-refractivity contribution is 7.90. The largest absolute Gasteiger partial charge is 0.461 e. The molecule has 0 spiro atoms. The zero-order valence-corrected chi connectivity index (χ0v) is 22.9. The molecule has 39 heavy (non-hydrogen) atoms. The third-order valence-corrected chi connectivity index (χ3v) is 7.33. The smallest absolute Gasteiger partial charge is 0.356 e. The molecule has 3 aromatic rings. The summed E-state index contributed by atoms with van der Waals surface area (Å²) in [5.41, 5.74) is 1.40.